The minimum Gasteiger partial charge on any atom is -0.379 e. The molecule has 1 N–H and O–H groups in total. The van der Waals surface area contributed by atoms with Gasteiger partial charge in [0.25, 0.3) is 0 Å². The third-order valence-corrected chi connectivity index (χ3v) is 8.81. The molecule has 1 aliphatic heterocycles. The molecule has 10 heteroatoms. The minimum absolute atomic E-state index is 0.00843. The number of aryl methyl sites for hydroxylation is 2. The fourth-order valence-electron chi connectivity index (χ4n) is 4.06. The van der Waals surface area contributed by atoms with E-state index in [0.717, 1.165) is 16.2 Å². The van der Waals surface area contributed by atoms with Crippen molar-refractivity contribution in [3.8, 4) is 0 Å². The van der Waals surface area contributed by atoms with Crippen LogP contribution in [0.25, 0.3) is 11.0 Å². The number of ether oxygens (including phenoxy) is 1. The Hall–Kier alpha value is -2.27. The molecule has 1 saturated heterocycles. The van der Waals surface area contributed by atoms with Gasteiger partial charge in [0, 0.05) is 37.9 Å². The van der Waals surface area contributed by atoms with Crippen LogP contribution in [0.15, 0.2) is 40.6 Å². The molecule has 0 spiro atoms. The second kappa shape index (κ2) is 9.92. The third-order valence-electron chi connectivity index (χ3n) is 5.96. The Morgan fingerprint density at radius 1 is 1.24 bits per heavy atom. The van der Waals surface area contributed by atoms with E-state index in [0.29, 0.717) is 44.7 Å². The molecule has 0 aliphatic carbocycles. The predicted molar refractivity (Wildman–Crippen MR) is 129 cm³/mol. The summed E-state index contributed by atoms with van der Waals surface area (Å²) in [4.78, 5) is 18.7. The molecule has 1 aromatic carbocycles. The molecule has 3 aromatic rings. The first-order chi connectivity index (χ1) is 15.8. The van der Waals surface area contributed by atoms with Crippen molar-refractivity contribution in [1.82, 2.24) is 19.2 Å². The summed E-state index contributed by atoms with van der Waals surface area (Å²) in [5.41, 5.74) is 1.45. The van der Waals surface area contributed by atoms with E-state index in [4.69, 9.17) is 4.74 Å². The Morgan fingerprint density at radius 3 is 2.67 bits per heavy atom. The Kier molecular flexibility index (Phi) is 7.18. The van der Waals surface area contributed by atoms with Crippen LogP contribution in [0, 0.1) is 5.92 Å². The van der Waals surface area contributed by atoms with Gasteiger partial charge < -0.3 is 14.6 Å². The standard InChI is InChI=1S/C23H30N4O4S2/c1-16(2)23(20-5-4-14-32-20)25-22(28)9-8-21-24-18-15-17(6-7-19(18)26(21)3)33(29,30)27-10-12-31-13-11-27/h4-7,14-16,23H,8-13H2,1-3H3,(H,25,28)/t23-/m1/s1. The smallest absolute Gasteiger partial charge is 0.243 e. The van der Waals surface area contributed by atoms with Crippen molar-refractivity contribution < 1.29 is 17.9 Å². The van der Waals surface area contributed by atoms with Crippen LogP contribution in [-0.2, 0) is 33.0 Å². The largest absolute Gasteiger partial charge is 0.379 e. The molecular weight excluding hydrogens is 460 g/mol. The molecule has 3 heterocycles. The first-order valence-corrected chi connectivity index (χ1v) is 13.5. The normalized spacial score (nSPS) is 16.4. The van der Waals surface area contributed by atoms with Crippen LogP contribution in [0.2, 0.25) is 0 Å². The molecular formula is C23H30N4O4S2. The molecule has 8 nitrogen and oxygen atoms in total. The Bertz CT molecular complexity index is 1210. The van der Waals surface area contributed by atoms with E-state index < -0.39 is 10.0 Å². The zero-order chi connectivity index (χ0) is 23.6. The van der Waals surface area contributed by atoms with Crippen LogP contribution in [0.5, 0.6) is 0 Å². The summed E-state index contributed by atoms with van der Waals surface area (Å²) >= 11 is 1.64. The average molecular weight is 491 g/mol. The quantitative estimate of drug-likeness (QED) is 0.524. The third kappa shape index (κ3) is 5.13. The number of amides is 1. The van der Waals surface area contributed by atoms with E-state index in [1.807, 2.05) is 29.1 Å². The Morgan fingerprint density at radius 2 is 2.00 bits per heavy atom. The van der Waals surface area contributed by atoms with E-state index in [1.165, 1.54) is 4.31 Å². The first kappa shape index (κ1) is 23.9. The monoisotopic (exact) mass is 490 g/mol. The van der Waals surface area contributed by atoms with Crippen LogP contribution in [-0.4, -0.2) is 54.5 Å². The Balaban J connectivity index is 1.47. The molecule has 1 fully saturated rings. The second-order valence-electron chi connectivity index (χ2n) is 8.56. The highest BCUT2D eigenvalue weighted by atomic mass is 32.2. The number of carbonyl (C=O) groups is 1. The van der Waals surface area contributed by atoms with Crippen LogP contribution in [0.4, 0.5) is 0 Å². The number of morpholine rings is 1. The molecule has 1 amide bonds. The van der Waals surface area contributed by atoms with Crippen molar-refractivity contribution in [2.75, 3.05) is 26.3 Å². The molecule has 0 saturated carbocycles. The van der Waals surface area contributed by atoms with Crippen LogP contribution in [0.1, 0.15) is 37.0 Å². The highest BCUT2D eigenvalue weighted by Crippen LogP contribution is 2.26. The summed E-state index contributed by atoms with van der Waals surface area (Å²) in [6.45, 7) is 5.71. The highest BCUT2D eigenvalue weighted by Gasteiger charge is 2.27. The van der Waals surface area contributed by atoms with Crippen LogP contribution < -0.4 is 5.32 Å². The lowest BCUT2D eigenvalue weighted by atomic mass is 10.0. The summed E-state index contributed by atoms with van der Waals surface area (Å²) in [6.07, 6.45) is 0.780. The fraction of sp³-hybridized carbons (Fsp3) is 0.478. The van der Waals surface area contributed by atoms with Gasteiger partial charge in [0.2, 0.25) is 15.9 Å². The maximum Gasteiger partial charge on any atom is 0.243 e. The molecule has 1 aliphatic rings. The van der Waals surface area contributed by atoms with Crippen LogP contribution >= 0.6 is 11.3 Å². The van der Waals surface area contributed by atoms with Crippen molar-refractivity contribution >= 4 is 38.3 Å². The lowest BCUT2D eigenvalue weighted by molar-refractivity contribution is -0.122. The van der Waals surface area contributed by atoms with Gasteiger partial charge >= 0.3 is 0 Å². The van der Waals surface area contributed by atoms with Crippen molar-refractivity contribution in [3.63, 3.8) is 0 Å². The number of hydrogen-bond acceptors (Lipinski definition) is 6. The summed E-state index contributed by atoms with van der Waals surface area (Å²) in [7, 11) is -1.69. The molecule has 33 heavy (non-hydrogen) atoms. The van der Waals surface area contributed by atoms with Gasteiger partial charge in [0.05, 0.1) is 35.2 Å². The topological polar surface area (TPSA) is 93.5 Å². The van der Waals surface area contributed by atoms with Crippen molar-refractivity contribution in [3.05, 3.63) is 46.4 Å². The van der Waals surface area contributed by atoms with Crippen molar-refractivity contribution in [1.29, 1.82) is 0 Å². The summed E-state index contributed by atoms with van der Waals surface area (Å²) in [5, 5.41) is 5.16. The van der Waals surface area contributed by atoms with Gasteiger partial charge in [-0.15, -0.1) is 11.3 Å². The number of carbonyl (C=O) groups excluding carboxylic acids is 1. The van der Waals surface area contributed by atoms with Crippen molar-refractivity contribution in [2.24, 2.45) is 13.0 Å². The molecule has 1 atom stereocenters. The first-order valence-electron chi connectivity index (χ1n) is 11.1. The number of imidazole rings is 1. The summed E-state index contributed by atoms with van der Waals surface area (Å²) in [6, 6.07) is 9.06. The fourth-order valence-corrected chi connectivity index (χ4v) is 6.43. The van der Waals surface area contributed by atoms with Gasteiger partial charge in [-0.1, -0.05) is 19.9 Å². The lowest BCUT2D eigenvalue weighted by Crippen LogP contribution is -2.40. The van der Waals surface area contributed by atoms with E-state index in [1.54, 1.807) is 29.5 Å². The number of thiophene rings is 1. The van der Waals surface area contributed by atoms with E-state index in [9.17, 15) is 13.2 Å². The molecule has 4 rings (SSSR count). The van der Waals surface area contributed by atoms with E-state index in [2.05, 4.69) is 24.1 Å². The number of sulfonamides is 1. The van der Waals surface area contributed by atoms with Gasteiger partial charge in [0.1, 0.15) is 5.82 Å². The SMILES string of the molecule is CC(C)[C@@H](NC(=O)CCc1nc2cc(S(=O)(=O)N3CCOCC3)ccc2n1C)c1cccs1. The average Bonchev–Trinajstić information content (AvgIpc) is 3.44. The predicted octanol–water partition coefficient (Wildman–Crippen LogP) is 3.10. The number of rotatable bonds is 8. The van der Waals surface area contributed by atoms with Gasteiger partial charge in [-0.25, -0.2) is 13.4 Å². The lowest BCUT2D eigenvalue weighted by Gasteiger charge is -2.26. The molecule has 178 valence electrons. The molecule has 0 radical (unpaired) electrons. The van der Waals surface area contributed by atoms with Gasteiger partial charge in [0.15, 0.2) is 0 Å². The van der Waals surface area contributed by atoms with Crippen molar-refractivity contribution in [2.45, 2.75) is 37.6 Å². The minimum atomic E-state index is -3.59. The van der Waals surface area contributed by atoms with Gasteiger partial charge in [-0.05, 0) is 35.6 Å². The molecule has 0 bridgehead atoms. The highest BCUT2D eigenvalue weighted by molar-refractivity contribution is 7.89. The zero-order valence-electron chi connectivity index (χ0n) is 19.2. The number of benzene rings is 1. The van der Waals surface area contributed by atoms with Crippen LogP contribution in [0.3, 0.4) is 0 Å². The zero-order valence-corrected chi connectivity index (χ0v) is 20.8. The van der Waals surface area contributed by atoms with E-state index >= 15 is 0 Å². The Labute approximate surface area is 198 Å². The maximum atomic E-state index is 13.0. The number of aromatic nitrogens is 2. The number of nitrogens with one attached hydrogen (secondary N) is 1. The van der Waals surface area contributed by atoms with Gasteiger partial charge in [-0.2, -0.15) is 4.31 Å². The second-order valence-corrected chi connectivity index (χ2v) is 11.5. The van der Waals surface area contributed by atoms with E-state index in [-0.39, 0.29) is 22.8 Å². The molecule has 2 aromatic heterocycles. The summed E-state index contributed by atoms with van der Waals surface area (Å²) in [5.74, 6) is 1.01. The number of fused-ring (bicyclic) bond motifs is 1. The summed E-state index contributed by atoms with van der Waals surface area (Å²) < 4.78 is 34.6. The van der Waals surface area contributed by atoms with Gasteiger partial charge in [-0.3, -0.25) is 4.79 Å². The maximum absolute atomic E-state index is 13.0. The number of nitrogens with zero attached hydrogens (tertiary/aromatic N) is 3. The number of hydrogen-bond donors (Lipinski definition) is 1. The molecule has 0 unspecified atom stereocenters.